The number of allylic oxidation sites excluding steroid dienone is 4. The van der Waals surface area contributed by atoms with Crippen molar-refractivity contribution in [2.24, 2.45) is 11.8 Å². The van der Waals surface area contributed by atoms with E-state index in [4.69, 9.17) is 0 Å². The summed E-state index contributed by atoms with van der Waals surface area (Å²) in [6, 6.07) is 0. The van der Waals surface area contributed by atoms with Gasteiger partial charge in [-0.2, -0.15) is 13.2 Å². The summed E-state index contributed by atoms with van der Waals surface area (Å²) >= 11 is 0. The first kappa shape index (κ1) is 13.0. The zero-order chi connectivity index (χ0) is 12.0. The molecule has 0 aliphatic heterocycles. The monoisotopic (exact) mass is 232 g/mol. The van der Waals surface area contributed by atoms with Gasteiger partial charge in [0.1, 0.15) is 6.29 Å². The maximum atomic E-state index is 12.4. The van der Waals surface area contributed by atoms with Gasteiger partial charge >= 0.3 is 6.18 Å². The molecular weight excluding hydrogens is 217 g/mol. The Morgan fingerprint density at radius 3 is 2.06 bits per heavy atom. The van der Waals surface area contributed by atoms with E-state index in [1.165, 1.54) is 6.08 Å². The highest BCUT2D eigenvalue weighted by molar-refractivity contribution is 5.65. The van der Waals surface area contributed by atoms with E-state index in [0.717, 1.165) is 0 Å². The molecule has 90 valence electrons. The topological polar surface area (TPSA) is 17.1 Å². The van der Waals surface area contributed by atoms with Crippen molar-refractivity contribution >= 4 is 6.29 Å². The maximum Gasteiger partial charge on any atom is 0.391 e. The fourth-order valence-electron chi connectivity index (χ4n) is 1.97. The summed E-state index contributed by atoms with van der Waals surface area (Å²) in [6.45, 7) is 0. The molecule has 1 aliphatic carbocycles. The quantitative estimate of drug-likeness (QED) is 0.412. The number of alkyl halides is 3. The molecule has 16 heavy (non-hydrogen) atoms. The first-order chi connectivity index (χ1) is 7.54. The Hall–Kier alpha value is -1.06. The minimum absolute atomic E-state index is 0.218. The Balaban J connectivity index is 2.35. The van der Waals surface area contributed by atoms with Crippen molar-refractivity contribution in [2.75, 3.05) is 0 Å². The third-order valence-electron chi connectivity index (χ3n) is 2.92. The molecule has 1 aliphatic rings. The van der Waals surface area contributed by atoms with Gasteiger partial charge in [0.25, 0.3) is 0 Å². The van der Waals surface area contributed by atoms with E-state index in [-0.39, 0.29) is 18.8 Å². The molecule has 1 saturated carbocycles. The average molecular weight is 232 g/mol. The molecule has 1 nitrogen and oxygen atoms in total. The highest BCUT2D eigenvalue weighted by Gasteiger charge is 2.40. The standard InChI is InChI=1S/C12H15F3O/c13-12(14,15)11-7-5-10(6-8-11)4-2-1-3-9-16/h1-4,9-11H,5-8H2/b3-1+,4-2+. The third kappa shape index (κ3) is 4.21. The zero-order valence-electron chi connectivity index (χ0n) is 8.91. The molecule has 1 fully saturated rings. The number of hydrogen-bond acceptors (Lipinski definition) is 1. The lowest BCUT2D eigenvalue weighted by atomic mass is 9.81. The van der Waals surface area contributed by atoms with E-state index in [1.807, 2.05) is 6.08 Å². The Kier molecular flexibility index (Phi) is 4.77. The second-order valence-electron chi connectivity index (χ2n) is 4.06. The number of carbonyl (C=O) groups is 1. The van der Waals surface area contributed by atoms with Crippen LogP contribution in [0.25, 0.3) is 0 Å². The number of hydrogen-bond donors (Lipinski definition) is 0. The van der Waals surface area contributed by atoms with E-state index >= 15 is 0 Å². The van der Waals surface area contributed by atoms with Crippen LogP contribution in [0.4, 0.5) is 13.2 Å². The van der Waals surface area contributed by atoms with Gasteiger partial charge in [0, 0.05) is 0 Å². The summed E-state index contributed by atoms with van der Waals surface area (Å²) in [5.74, 6) is -0.905. The van der Waals surface area contributed by atoms with Crippen LogP contribution >= 0.6 is 0 Å². The van der Waals surface area contributed by atoms with E-state index < -0.39 is 12.1 Å². The normalized spacial score (nSPS) is 27.7. The lowest BCUT2D eigenvalue weighted by molar-refractivity contribution is -0.183. The number of halogens is 3. The van der Waals surface area contributed by atoms with Crippen molar-refractivity contribution < 1.29 is 18.0 Å². The fourth-order valence-corrected chi connectivity index (χ4v) is 1.97. The minimum Gasteiger partial charge on any atom is -0.299 e. The second kappa shape index (κ2) is 5.87. The van der Waals surface area contributed by atoms with Crippen molar-refractivity contribution in [2.45, 2.75) is 31.9 Å². The Bertz CT molecular complexity index is 270. The van der Waals surface area contributed by atoms with Gasteiger partial charge < -0.3 is 0 Å². The van der Waals surface area contributed by atoms with E-state index in [0.29, 0.717) is 19.1 Å². The van der Waals surface area contributed by atoms with Crippen molar-refractivity contribution in [3.05, 3.63) is 24.3 Å². The van der Waals surface area contributed by atoms with Gasteiger partial charge in [-0.1, -0.05) is 18.2 Å². The second-order valence-corrected chi connectivity index (χ2v) is 4.06. The van der Waals surface area contributed by atoms with Crippen LogP contribution in [0.5, 0.6) is 0 Å². The fraction of sp³-hybridized carbons (Fsp3) is 0.583. The Morgan fingerprint density at radius 2 is 1.56 bits per heavy atom. The van der Waals surface area contributed by atoms with Crippen molar-refractivity contribution in [3.63, 3.8) is 0 Å². The van der Waals surface area contributed by atoms with Crippen LogP contribution in [0, 0.1) is 11.8 Å². The van der Waals surface area contributed by atoms with Crippen LogP contribution in [0.2, 0.25) is 0 Å². The maximum absolute atomic E-state index is 12.4. The molecule has 0 spiro atoms. The molecule has 0 atom stereocenters. The zero-order valence-corrected chi connectivity index (χ0v) is 8.91. The van der Waals surface area contributed by atoms with Crippen LogP contribution < -0.4 is 0 Å². The van der Waals surface area contributed by atoms with E-state index in [9.17, 15) is 18.0 Å². The summed E-state index contributed by atoms with van der Waals surface area (Å²) in [5, 5.41) is 0. The van der Waals surface area contributed by atoms with Gasteiger partial charge in [-0.3, -0.25) is 4.79 Å². The van der Waals surface area contributed by atoms with E-state index in [1.54, 1.807) is 12.2 Å². The molecule has 0 bridgehead atoms. The summed E-state index contributed by atoms with van der Waals surface area (Å²) in [4.78, 5) is 9.96. The number of rotatable bonds is 3. The van der Waals surface area contributed by atoms with Gasteiger partial charge in [0.15, 0.2) is 0 Å². The number of aldehydes is 1. The van der Waals surface area contributed by atoms with E-state index in [2.05, 4.69) is 0 Å². The predicted molar refractivity (Wildman–Crippen MR) is 55.8 cm³/mol. The van der Waals surface area contributed by atoms with Crippen molar-refractivity contribution in [3.8, 4) is 0 Å². The summed E-state index contributed by atoms with van der Waals surface area (Å²) in [5.41, 5.74) is 0. The summed E-state index contributed by atoms with van der Waals surface area (Å²) in [7, 11) is 0. The van der Waals surface area contributed by atoms with Crippen LogP contribution in [0.3, 0.4) is 0 Å². The molecule has 0 N–H and O–H groups in total. The largest absolute Gasteiger partial charge is 0.391 e. The summed E-state index contributed by atoms with van der Waals surface area (Å²) in [6.07, 6.45) is 4.80. The van der Waals surface area contributed by atoms with Crippen LogP contribution in [-0.2, 0) is 4.79 Å². The minimum atomic E-state index is -4.04. The molecule has 0 aromatic rings. The molecule has 0 aromatic heterocycles. The molecule has 0 radical (unpaired) electrons. The first-order valence-electron chi connectivity index (χ1n) is 5.39. The third-order valence-corrected chi connectivity index (χ3v) is 2.92. The molecule has 0 aromatic carbocycles. The SMILES string of the molecule is O=C/C=C/C=C/C1CCC(C(F)(F)F)CC1. The van der Waals surface area contributed by atoms with Crippen LogP contribution in [-0.4, -0.2) is 12.5 Å². The van der Waals surface area contributed by atoms with Crippen molar-refractivity contribution in [1.82, 2.24) is 0 Å². The Labute approximate surface area is 93.0 Å². The first-order valence-corrected chi connectivity index (χ1v) is 5.39. The molecule has 0 unspecified atom stereocenters. The van der Waals surface area contributed by atoms with Crippen LogP contribution in [0.15, 0.2) is 24.3 Å². The molecule has 0 heterocycles. The van der Waals surface area contributed by atoms with Gasteiger partial charge in [-0.15, -0.1) is 0 Å². The molecule has 0 saturated heterocycles. The van der Waals surface area contributed by atoms with Gasteiger partial charge in [0.2, 0.25) is 0 Å². The van der Waals surface area contributed by atoms with Gasteiger partial charge in [-0.25, -0.2) is 0 Å². The lowest BCUT2D eigenvalue weighted by Gasteiger charge is -2.28. The highest BCUT2D eigenvalue weighted by Crippen LogP contribution is 2.39. The predicted octanol–water partition coefficient (Wildman–Crippen LogP) is 3.67. The van der Waals surface area contributed by atoms with Gasteiger partial charge in [-0.05, 0) is 37.7 Å². The van der Waals surface area contributed by atoms with Gasteiger partial charge in [0.05, 0.1) is 5.92 Å². The highest BCUT2D eigenvalue weighted by atomic mass is 19.4. The average Bonchev–Trinajstić information content (AvgIpc) is 2.24. The Morgan fingerprint density at radius 1 is 0.938 bits per heavy atom. The molecular formula is C12H15F3O. The lowest BCUT2D eigenvalue weighted by Crippen LogP contribution is -2.27. The van der Waals surface area contributed by atoms with Crippen molar-refractivity contribution in [1.29, 1.82) is 0 Å². The molecule has 4 heteroatoms. The smallest absolute Gasteiger partial charge is 0.299 e. The molecule has 0 amide bonds. The molecule has 1 rings (SSSR count). The number of carbonyl (C=O) groups excluding carboxylic acids is 1. The summed E-state index contributed by atoms with van der Waals surface area (Å²) < 4.78 is 37.1. The van der Waals surface area contributed by atoms with Crippen LogP contribution in [0.1, 0.15) is 25.7 Å².